The SMILES string of the molecule is CC(C)(C)OC(=O)NC(CCCCNCOCc1ccccc1)C(=O)OC(C)(C)C. The van der Waals surface area contributed by atoms with Crippen molar-refractivity contribution in [2.45, 2.75) is 84.7 Å². The lowest BCUT2D eigenvalue weighted by atomic mass is 10.1. The third kappa shape index (κ3) is 13.2. The second-order valence-corrected chi connectivity index (χ2v) is 9.21. The number of ether oxygens (including phenoxy) is 3. The summed E-state index contributed by atoms with van der Waals surface area (Å²) in [7, 11) is 0. The first-order valence-electron chi connectivity index (χ1n) is 10.5. The van der Waals surface area contributed by atoms with Crippen LogP contribution in [0, 0.1) is 0 Å². The molecule has 0 radical (unpaired) electrons. The van der Waals surface area contributed by atoms with Crippen LogP contribution in [0.25, 0.3) is 0 Å². The van der Waals surface area contributed by atoms with Gasteiger partial charge in [0.15, 0.2) is 0 Å². The van der Waals surface area contributed by atoms with Crippen LogP contribution in [0.5, 0.6) is 0 Å². The highest BCUT2D eigenvalue weighted by Gasteiger charge is 2.28. The Balaban J connectivity index is 2.34. The first-order valence-corrected chi connectivity index (χ1v) is 10.5. The molecule has 1 aromatic carbocycles. The number of carbonyl (C=O) groups is 2. The van der Waals surface area contributed by atoms with E-state index in [0.717, 1.165) is 24.9 Å². The first-order chi connectivity index (χ1) is 14.0. The van der Waals surface area contributed by atoms with Crippen molar-refractivity contribution in [3.8, 4) is 0 Å². The van der Waals surface area contributed by atoms with Gasteiger partial charge in [-0.15, -0.1) is 0 Å². The third-order valence-corrected chi connectivity index (χ3v) is 3.79. The number of esters is 1. The molecule has 7 nitrogen and oxygen atoms in total. The van der Waals surface area contributed by atoms with Gasteiger partial charge in [0.25, 0.3) is 0 Å². The van der Waals surface area contributed by atoms with Crippen molar-refractivity contribution >= 4 is 12.1 Å². The van der Waals surface area contributed by atoms with Crippen LogP contribution in [0.1, 0.15) is 66.4 Å². The van der Waals surface area contributed by atoms with Crippen molar-refractivity contribution < 1.29 is 23.8 Å². The zero-order valence-corrected chi connectivity index (χ0v) is 19.2. The van der Waals surface area contributed by atoms with Gasteiger partial charge in [-0.1, -0.05) is 30.3 Å². The van der Waals surface area contributed by atoms with E-state index in [9.17, 15) is 9.59 Å². The lowest BCUT2D eigenvalue weighted by Crippen LogP contribution is -2.46. The first kappa shape index (κ1) is 25.9. The van der Waals surface area contributed by atoms with Crippen LogP contribution < -0.4 is 10.6 Å². The van der Waals surface area contributed by atoms with E-state index in [0.29, 0.717) is 19.8 Å². The molecular formula is C23H38N2O5. The summed E-state index contributed by atoms with van der Waals surface area (Å²) >= 11 is 0. The van der Waals surface area contributed by atoms with E-state index in [1.807, 2.05) is 30.3 Å². The largest absolute Gasteiger partial charge is 0.458 e. The average molecular weight is 423 g/mol. The number of rotatable bonds is 11. The highest BCUT2D eigenvalue weighted by molar-refractivity contribution is 5.81. The maximum atomic E-state index is 12.5. The van der Waals surface area contributed by atoms with E-state index in [4.69, 9.17) is 14.2 Å². The molecule has 1 amide bonds. The lowest BCUT2D eigenvalue weighted by molar-refractivity contribution is -0.157. The Morgan fingerprint density at radius 2 is 1.57 bits per heavy atom. The Bertz CT molecular complexity index is 635. The molecule has 0 saturated heterocycles. The molecule has 170 valence electrons. The van der Waals surface area contributed by atoms with Crippen molar-refractivity contribution in [3.63, 3.8) is 0 Å². The summed E-state index contributed by atoms with van der Waals surface area (Å²) in [5.74, 6) is -0.451. The van der Waals surface area contributed by atoms with Gasteiger partial charge in [0.2, 0.25) is 0 Å². The zero-order valence-electron chi connectivity index (χ0n) is 19.2. The average Bonchev–Trinajstić information content (AvgIpc) is 2.60. The fourth-order valence-corrected chi connectivity index (χ4v) is 2.56. The summed E-state index contributed by atoms with van der Waals surface area (Å²) in [4.78, 5) is 24.6. The van der Waals surface area contributed by atoms with Gasteiger partial charge in [-0.3, -0.25) is 5.32 Å². The second kappa shape index (κ2) is 12.5. The minimum absolute atomic E-state index is 0.451. The molecule has 1 aromatic rings. The normalized spacial score (nSPS) is 12.9. The molecule has 1 atom stereocenters. The number of benzene rings is 1. The third-order valence-electron chi connectivity index (χ3n) is 3.79. The maximum absolute atomic E-state index is 12.5. The van der Waals surface area contributed by atoms with E-state index >= 15 is 0 Å². The van der Waals surface area contributed by atoms with Gasteiger partial charge in [-0.05, 0) is 72.9 Å². The number of nitrogens with one attached hydrogen (secondary N) is 2. The van der Waals surface area contributed by atoms with Gasteiger partial charge in [0, 0.05) is 0 Å². The Morgan fingerprint density at radius 3 is 2.17 bits per heavy atom. The molecule has 30 heavy (non-hydrogen) atoms. The van der Waals surface area contributed by atoms with Crippen LogP contribution in [-0.4, -0.2) is 42.6 Å². The van der Waals surface area contributed by atoms with Crippen molar-refractivity contribution in [1.29, 1.82) is 0 Å². The summed E-state index contributed by atoms with van der Waals surface area (Å²) < 4.78 is 16.3. The van der Waals surface area contributed by atoms with Gasteiger partial charge in [0.1, 0.15) is 17.2 Å². The Hall–Kier alpha value is -2.12. The molecule has 2 N–H and O–H groups in total. The minimum atomic E-state index is -0.742. The van der Waals surface area contributed by atoms with E-state index in [2.05, 4.69) is 10.6 Å². The predicted octanol–water partition coefficient (Wildman–Crippen LogP) is 4.16. The van der Waals surface area contributed by atoms with Crippen LogP contribution >= 0.6 is 0 Å². The van der Waals surface area contributed by atoms with Crippen molar-refractivity contribution in [2.24, 2.45) is 0 Å². The number of unbranched alkanes of at least 4 members (excludes halogenated alkanes) is 1. The highest BCUT2D eigenvalue weighted by atomic mass is 16.6. The van der Waals surface area contributed by atoms with Crippen molar-refractivity contribution in [2.75, 3.05) is 13.3 Å². The van der Waals surface area contributed by atoms with Gasteiger partial charge in [0.05, 0.1) is 13.3 Å². The highest BCUT2D eigenvalue weighted by Crippen LogP contribution is 2.13. The predicted molar refractivity (Wildman–Crippen MR) is 117 cm³/mol. The van der Waals surface area contributed by atoms with Crippen molar-refractivity contribution in [1.82, 2.24) is 10.6 Å². The quantitative estimate of drug-likeness (QED) is 0.316. The van der Waals surface area contributed by atoms with E-state index in [1.165, 1.54) is 0 Å². The zero-order chi connectivity index (χ0) is 22.6. The molecule has 0 aliphatic rings. The smallest absolute Gasteiger partial charge is 0.408 e. The van der Waals surface area contributed by atoms with Gasteiger partial charge < -0.3 is 19.5 Å². The van der Waals surface area contributed by atoms with Crippen LogP contribution in [-0.2, 0) is 25.6 Å². The van der Waals surface area contributed by atoms with E-state index in [1.54, 1.807) is 41.5 Å². The standard InChI is InChI=1S/C23H38N2O5/c1-22(2,3)29-20(26)19(25-21(27)30-23(4,5)6)14-10-11-15-24-17-28-16-18-12-8-7-9-13-18/h7-9,12-13,19,24H,10-11,14-17H2,1-6H3,(H,25,27). The molecule has 1 unspecified atom stereocenters. The van der Waals surface area contributed by atoms with E-state index < -0.39 is 29.3 Å². The fourth-order valence-electron chi connectivity index (χ4n) is 2.56. The molecule has 0 bridgehead atoms. The van der Waals surface area contributed by atoms with Gasteiger partial charge in [-0.25, -0.2) is 9.59 Å². The molecule has 0 saturated carbocycles. The Morgan fingerprint density at radius 1 is 0.933 bits per heavy atom. The van der Waals surface area contributed by atoms with Crippen molar-refractivity contribution in [3.05, 3.63) is 35.9 Å². The van der Waals surface area contributed by atoms with Crippen LogP contribution in [0.2, 0.25) is 0 Å². The molecular weight excluding hydrogens is 384 g/mol. The number of hydrogen-bond acceptors (Lipinski definition) is 6. The molecule has 1 rings (SSSR count). The van der Waals surface area contributed by atoms with Crippen LogP contribution in [0.15, 0.2) is 30.3 Å². The Kier molecular flexibility index (Phi) is 10.8. The Labute approximate surface area is 180 Å². The number of hydrogen-bond donors (Lipinski definition) is 2. The second-order valence-electron chi connectivity index (χ2n) is 9.21. The monoisotopic (exact) mass is 422 g/mol. The number of alkyl carbamates (subject to hydrolysis) is 1. The molecule has 0 spiro atoms. The molecule has 0 aliphatic carbocycles. The molecule has 0 aliphatic heterocycles. The fraction of sp³-hybridized carbons (Fsp3) is 0.652. The number of carbonyl (C=O) groups excluding carboxylic acids is 2. The maximum Gasteiger partial charge on any atom is 0.408 e. The topological polar surface area (TPSA) is 85.9 Å². The minimum Gasteiger partial charge on any atom is -0.458 e. The summed E-state index contributed by atoms with van der Waals surface area (Å²) in [6, 6.07) is 9.25. The summed E-state index contributed by atoms with van der Waals surface area (Å²) in [6.07, 6.45) is 1.43. The summed E-state index contributed by atoms with van der Waals surface area (Å²) in [5, 5.41) is 5.86. The molecule has 0 aromatic heterocycles. The lowest BCUT2D eigenvalue weighted by Gasteiger charge is -2.26. The van der Waals surface area contributed by atoms with Gasteiger partial charge in [-0.2, -0.15) is 0 Å². The molecule has 7 heteroatoms. The summed E-state index contributed by atoms with van der Waals surface area (Å²) in [5.41, 5.74) is -0.123. The van der Waals surface area contributed by atoms with E-state index in [-0.39, 0.29) is 0 Å². The van der Waals surface area contributed by atoms with Crippen LogP contribution in [0.3, 0.4) is 0 Å². The molecule has 0 fully saturated rings. The van der Waals surface area contributed by atoms with Crippen LogP contribution in [0.4, 0.5) is 4.79 Å². The number of amides is 1. The van der Waals surface area contributed by atoms with Gasteiger partial charge >= 0.3 is 12.1 Å². The molecule has 0 heterocycles. The summed E-state index contributed by atoms with van der Waals surface area (Å²) in [6.45, 7) is 12.5.